The van der Waals surface area contributed by atoms with Crippen LogP contribution in [0, 0.1) is 13.8 Å². The summed E-state index contributed by atoms with van der Waals surface area (Å²) < 4.78 is 17.9. The molecule has 0 amide bonds. The van der Waals surface area contributed by atoms with Crippen LogP contribution < -0.4 is 9.47 Å². The molecule has 2 heterocycles. The zero-order valence-electron chi connectivity index (χ0n) is 17.8. The second kappa shape index (κ2) is 7.37. The Balaban J connectivity index is 1.91. The first kappa shape index (κ1) is 20.0. The molecule has 150 valence electrons. The molecule has 0 saturated carbocycles. The number of ether oxygens (including phenoxy) is 3. The van der Waals surface area contributed by atoms with Gasteiger partial charge in [0.25, 0.3) is 0 Å². The molecule has 0 radical (unpaired) electrons. The minimum atomic E-state index is -0.321. The van der Waals surface area contributed by atoms with Crippen molar-refractivity contribution in [3.05, 3.63) is 22.3 Å². The third kappa shape index (κ3) is 3.81. The third-order valence-corrected chi connectivity index (χ3v) is 6.53. The number of fused-ring (bicyclic) bond motifs is 3. The number of rotatable bonds is 5. The second-order valence-electron chi connectivity index (χ2n) is 8.80. The van der Waals surface area contributed by atoms with E-state index in [0.29, 0.717) is 12.8 Å². The van der Waals surface area contributed by atoms with Gasteiger partial charge >= 0.3 is 5.97 Å². The van der Waals surface area contributed by atoms with Gasteiger partial charge in [0.2, 0.25) is 0 Å². The van der Waals surface area contributed by atoms with E-state index >= 15 is 0 Å². The SMILES string of the molecule is CCCC1(C)CCc2c3c(c(C)c(C)c2O1)OC(C)(CCC(=O)OC)CC3. The maximum absolute atomic E-state index is 11.6. The zero-order valence-corrected chi connectivity index (χ0v) is 17.8. The molecule has 0 spiro atoms. The van der Waals surface area contributed by atoms with Crippen LogP contribution in [0.1, 0.15) is 81.5 Å². The van der Waals surface area contributed by atoms with Crippen LogP contribution in [0.3, 0.4) is 0 Å². The lowest BCUT2D eigenvalue weighted by atomic mass is 9.80. The number of methoxy groups -OCH3 is 1. The van der Waals surface area contributed by atoms with Crippen LogP contribution in [-0.4, -0.2) is 24.3 Å². The van der Waals surface area contributed by atoms with Crippen molar-refractivity contribution < 1.29 is 19.0 Å². The van der Waals surface area contributed by atoms with Crippen LogP contribution in [0.4, 0.5) is 0 Å². The number of benzene rings is 1. The first-order valence-corrected chi connectivity index (χ1v) is 10.3. The van der Waals surface area contributed by atoms with Gasteiger partial charge in [-0.05, 0) is 77.3 Å². The minimum absolute atomic E-state index is 0.0578. The molecule has 4 nitrogen and oxygen atoms in total. The van der Waals surface area contributed by atoms with E-state index in [9.17, 15) is 4.79 Å². The van der Waals surface area contributed by atoms with E-state index < -0.39 is 0 Å². The molecular weight excluding hydrogens is 340 g/mol. The molecule has 2 aliphatic heterocycles. The Kier molecular flexibility index (Phi) is 5.47. The van der Waals surface area contributed by atoms with E-state index in [1.165, 1.54) is 29.4 Å². The molecule has 0 aliphatic carbocycles. The predicted octanol–water partition coefficient (Wildman–Crippen LogP) is 5.22. The van der Waals surface area contributed by atoms with Gasteiger partial charge in [-0.25, -0.2) is 0 Å². The maximum atomic E-state index is 11.6. The van der Waals surface area contributed by atoms with Gasteiger partial charge in [0.1, 0.15) is 22.7 Å². The van der Waals surface area contributed by atoms with Gasteiger partial charge in [0.15, 0.2) is 0 Å². The maximum Gasteiger partial charge on any atom is 0.305 e. The molecule has 4 heteroatoms. The molecule has 1 aromatic carbocycles. The van der Waals surface area contributed by atoms with Gasteiger partial charge < -0.3 is 14.2 Å². The molecule has 0 aromatic heterocycles. The van der Waals surface area contributed by atoms with Crippen molar-refractivity contribution in [3.8, 4) is 11.5 Å². The van der Waals surface area contributed by atoms with Crippen molar-refractivity contribution in [1.29, 1.82) is 0 Å². The fraction of sp³-hybridized carbons (Fsp3) is 0.696. The zero-order chi connectivity index (χ0) is 19.8. The van der Waals surface area contributed by atoms with Crippen molar-refractivity contribution in [2.45, 2.75) is 97.2 Å². The lowest BCUT2D eigenvalue weighted by Gasteiger charge is -2.42. The number of hydrogen-bond donors (Lipinski definition) is 0. The first-order chi connectivity index (χ1) is 12.7. The Morgan fingerprint density at radius 1 is 0.963 bits per heavy atom. The van der Waals surface area contributed by atoms with E-state index in [-0.39, 0.29) is 17.2 Å². The molecule has 0 fully saturated rings. The molecule has 0 N–H and O–H groups in total. The topological polar surface area (TPSA) is 44.8 Å². The Morgan fingerprint density at radius 2 is 1.44 bits per heavy atom. The van der Waals surface area contributed by atoms with Gasteiger partial charge in [-0.3, -0.25) is 4.79 Å². The summed E-state index contributed by atoms with van der Waals surface area (Å²) in [6.45, 7) is 10.9. The van der Waals surface area contributed by atoms with E-state index in [1.807, 2.05) is 0 Å². The van der Waals surface area contributed by atoms with Gasteiger partial charge in [0.05, 0.1) is 7.11 Å². The monoisotopic (exact) mass is 374 g/mol. The predicted molar refractivity (Wildman–Crippen MR) is 107 cm³/mol. The number of hydrogen-bond acceptors (Lipinski definition) is 4. The molecule has 0 saturated heterocycles. The van der Waals surface area contributed by atoms with Crippen LogP contribution in [0.5, 0.6) is 11.5 Å². The van der Waals surface area contributed by atoms with Gasteiger partial charge in [-0.15, -0.1) is 0 Å². The van der Waals surface area contributed by atoms with Crippen LogP contribution >= 0.6 is 0 Å². The lowest BCUT2D eigenvalue weighted by Crippen LogP contribution is -2.40. The van der Waals surface area contributed by atoms with Crippen LogP contribution in [0.15, 0.2) is 0 Å². The van der Waals surface area contributed by atoms with Gasteiger partial charge in [-0.1, -0.05) is 13.3 Å². The van der Waals surface area contributed by atoms with Crippen molar-refractivity contribution in [2.24, 2.45) is 0 Å². The van der Waals surface area contributed by atoms with Crippen LogP contribution in [0.2, 0.25) is 0 Å². The summed E-state index contributed by atoms with van der Waals surface area (Å²) in [6.07, 6.45) is 7.30. The molecule has 2 atom stereocenters. The summed E-state index contributed by atoms with van der Waals surface area (Å²) in [5.41, 5.74) is 4.66. The second-order valence-corrected chi connectivity index (χ2v) is 8.80. The van der Waals surface area contributed by atoms with Crippen molar-refractivity contribution in [2.75, 3.05) is 7.11 Å². The quantitative estimate of drug-likeness (QED) is 0.663. The first-order valence-electron chi connectivity index (χ1n) is 10.3. The molecule has 3 rings (SSSR count). The lowest BCUT2D eigenvalue weighted by molar-refractivity contribution is -0.141. The summed E-state index contributed by atoms with van der Waals surface area (Å²) >= 11 is 0. The molecule has 2 aliphatic rings. The third-order valence-electron chi connectivity index (χ3n) is 6.53. The summed E-state index contributed by atoms with van der Waals surface area (Å²) in [5.74, 6) is 1.94. The molecule has 1 aromatic rings. The number of carbonyl (C=O) groups is 1. The minimum Gasteiger partial charge on any atom is -0.487 e. The van der Waals surface area contributed by atoms with Crippen molar-refractivity contribution >= 4 is 5.97 Å². The Hall–Kier alpha value is -1.71. The molecule has 27 heavy (non-hydrogen) atoms. The highest BCUT2D eigenvalue weighted by atomic mass is 16.5. The van der Waals surface area contributed by atoms with Crippen molar-refractivity contribution in [3.63, 3.8) is 0 Å². The average Bonchev–Trinajstić information content (AvgIpc) is 2.64. The van der Waals surface area contributed by atoms with E-state index in [2.05, 4.69) is 34.6 Å². The van der Waals surface area contributed by atoms with Crippen molar-refractivity contribution in [1.82, 2.24) is 0 Å². The molecule has 0 bridgehead atoms. The smallest absolute Gasteiger partial charge is 0.305 e. The fourth-order valence-electron chi connectivity index (χ4n) is 4.60. The average molecular weight is 375 g/mol. The number of esters is 1. The Morgan fingerprint density at radius 3 is 1.89 bits per heavy atom. The van der Waals surface area contributed by atoms with E-state index in [1.54, 1.807) is 0 Å². The molecular formula is C23H34O4. The number of carbonyl (C=O) groups excluding carboxylic acids is 1. The highest BCUT2D eigenvalue weighted by Crippen LogP contribution is 2.49. The summed E-state index contributed by atoms with van der Waals surface area (Å²) in [5, 5.41) is 0. The van der Waals surface area contributed by atoms with Crippen LogP contribution in [0.25, 0.3) is 0 Å². The van der Waals surface area contributed by atoms with E-state index in [0.717, 1.165) is 50.0 Å². The summed E-state index contributed by atoms with van der Waals surface area (Å²) in [6, 6.07) is 0. The molecule has 2 unspecified atom stereocenters. The standard InChI is InChI=1S/C23H34O4/c1-7-11-22(4)12-8-17-18-9-13-23(5,14-10-19(24)25-6)27-21(18)16(3)15(2)20(17)26-22/h7-14H2,1-6H3. The summed E-state index contributed by atoms with van der Waals surface area (Å²) in [4.78, 5) is 11.6. The largest absolute Gasteiger partial charge is 0.487 e. The van der Waals surface area contributed by atoms with E-state index in [4.69, 9.17) is 14.2 Å². The fourth-order valence-corrected chi connectivity index (χ4v) is 4.60. The van der Waals surface area contributed by atoms with Crippen LogP contribution in [-0.2, 0) is 22.4 Å². The highest BCUT2D eigenvalue weighted by Gasteiger charge is 2.39. The normalized spacial score (nSPS) is 26.4. The summed E-state index contributed by atoms with van der Waals surface area (Å²) in [7, 11) is 1.44. The highest BCUT2D eigenvalue weighted by molar-refractivity contribution is 5.69. The Bertz CT molecular complexity index is 739. The van der Waals surface area contributed by atoms with Gasteiger partial charge in [-0.2, -0.15) is 0 Å². The Labute approximate surface area is 163 Å². The van der Waals surface area contributed by atoms with Gasteiger partial charge in [0, 0.05) is 17.5 Å².